The summed E-state index contributed by atoms with van der Waals surface area (Å²) >= 11 is 1.93. The lowest BCUT2D eigenvalue weighted by Gasteiger charge is -2.14. The minimum absolute atomic E-state index is 0.989. The van der Waals surface area contributed by atoms with E-state index in [9.17, 15) is 0 Å². The quantitative estimate of drug-likeness (QED) is 0.692. The molecule has 0 unspecified atom stereocenters. The van der Waals surface area contributed by atoms with Gasteiger partial charge in [-0.15, -0.1) is 0 Å². The van der Waals surface area contributed by atoms with Crippen LogP contribution in [0.5, 0.6) is 0 Å². The molecule has 0 fully saturated rings. The van der Waals surface area contributed by atoms with Crippen LogP contribution in [0.1, 0.15) is 24.0 Å². The van der Waals surface area contributed by atoms with E-state index in [-0.39, 0.29) is 0 Å². The van der Waals surface area contributed by atoms with Crippen molar-refractivity contribution in [2.24, 2.45) is 0 Å². The predicted octanol–water partition coefficient (Wildman–Crippen LogP) is 2.98. The number of benzene rings is 1. The molecule has 0 radical (unpaired) electrons. The third-order valence-electron chi connectivity index (χ3n) is 2.87. The maximum Gasteiger partial charge on any atom is 0.0230 e. The van der Waals surface area contributed by atoms with Gasteiger partial charge >= 0.3 is 0 Å². The van der Waals surface area contributed by atoms with Crippen LogP contribution in [-0.4, -0.2) is 37.5 Å². The molecular weight excluding hydrogens is 240 g/mol. The third kappa shape index (κ3) is 6.43. The van der Waals surface area contributed by atoms with Crippen LogP contribution < -0.4 is 5.32 Å². The Bertz CT molecular complexity index is 326. The second-order valence-corrected chi connectivity index (χ2v) is 5.87. The number of nitrogens with zero attached hydrogens (tertiary/aromatic N) is 1. The highest BCUT2D eigenvalue weighted by Crippen LogP contribution is 2.10. The number of unbranched alkanes of at least 4 members (excludes halogenated alkanes) is 1. The molecule has 0 spiro atoms. The first-order valence-electron chi connectivity index (χ1n) is 6.65. The van der Waals surface area contributed by atoms with E-state index in [1.807, 2.05) is 11.8 Å². The van der Waals surface area contributed by atoms with Crippen molar-refractivity contribution in [3.8, 4) is 0 Å². The van der Waals surface area contributed by atoms with Gasteiger partial charge in [-0.3, -0.25) is 0 Å². The monoisotopic (exact) mass is 266 g/mol. The minimum Gasteiger partial charge on any atom is -0.313 e. The standard InChI is InChI=1S/C15H26N2S/c1-17(2)13-15-9-5-4-8-14(15)12-16-10-6-7-11-18-3/h4-5,8-9,16H,6-7,10-13H2,1-3H3. The van der Waals surface area contributed by atoms with Crippen LogP contribution in [0.15, 0.2) is 24.3 Å². The maximum atomic E-state index is 3.55. The Kier molecular flexibility index (Phi) is 8.14. The van der Waals surface area contributed by atoms with Gasteiger partial charge in [0.15, 0.2) is 0 Å². The van der Waals surface area contributed by atoms with E-state index < -0.39 is 0 Å². The van der Waals surface area contributed by atoms with Gasteiger partial charge in [0.2, 0.25) is 0 Å². The Morgan fingerprint density at radius 3 is 2.50 bits per heavy atom. The molecule has 1 rings (SSSR count). The summed E-state index contributed by atoms with van der Waals surface area (Å²) < 4.78 is 0. The summed E-state index contributed by atoms with van der Waals surface area (Å²) in [4.78, 5) is 2.22. The molecule has 2 nitrogen and oxygen atoms in total. The fraction of sp³-hybridized carbons (Fsp3) is 0.600. The summed E-state index contributed by atoms with van der Waals surface area (Å²) in [6, 6.07) is 8.71. The van der Waals surface area contributed by atoms with Crippen molar-refractivity contribution in [3.05, 3.63) is 35.4 Å². The number of thioether (sulfide) groups is 1. The highest BCUT2D eigenvalue weighted by molar-refractivity contribution is 7.98. The van der Waals surface area contributed by atoms with Crippen molar-refractivity contribution < 1.29 is 0 Å². The SMILES string of the molecule is CSCCCCNCc1ccccc1CN(C)C. The summed E-state index contributed by atoms with van der Waals surface area (Å²) in [5.41, 5.74) is 2.86. The molecule has 0 aliphatic carbocycles. The predicted molar refractivity (Wildman–Crippen MR) is 83.2 cm³/mol. The van der Waals surface area contributed by atoms with E-state index in [4.69, 9.17) is 0 Å². The number of rotatable bonds is 9. The minimum atomic E-state index is 0.989. The van der Waals surface area contributed by atoms with Gasteiger partial charge in [-0.1, -0.05) is 24.3 Å². The van der Waals surface area contributed by atoms with Gasteiger partial charge in [0, 0.05) is 13.1 Å². The number of hydrogen-bond acceptors (Lipinski definition) is 3. The third-order valence-corrected chi connectivity index (χ3v) is 3.57. The van der Waals surface area contributed by atoms with Crippen molar-refractivity contribution in [1.29, 1.82) is 0 Å². The van der Waals surface area contributed by atoms with E-state index >= 15 is 0 Å². The molecule has 0 bridgehead atoms. The Morgan fingerprint density at radius 1 is 1.11 bits per heavy atom. The summed E-state index contributed by atoms with van der Waals surface area (Å²) in [6.07, 6.45) is 4.76. The van der Waals surface area contributed by atoms with Crippen molar-refractivity contribution >= 4 is 11.8 Å². The van der Waals surface area contributed by atoms with E-state index in [1.54, 1.807) is 0 Å². The molecule has 3 heteroatoms. The fourth-order valence-electron chi connectivity index (χ4n) is 1.94. The topological polar surface area (TPSA) is 15.3 Å². The van der Waals surface area contributed by atoms with Crippen LogP contribution in [0.4, 0.5) is 0 Å². The summed E-state index contributed by atoms with van der Waals surface area (Å²) in [5, 5.41) is 3.55. The number of hydrogen-bond donors (Lipinski definition) is 1. The Labute approximate surface area is 116 Å². The van der Waals surface area contributed by atoms with Gasteiger partial charge in [0.05, 0.1) is 0 Å². The van der Waals surface area contributed by atoms with E-state index in [2.05, 4.69) is 54.8 Å². The van der Waals surface area contributed by atoms with Gasteiger partial charge in [-0.05, 0) is 56.6 Å². The molecule has 0 saturated carbocycles. The molecule has 0 aliphatic rings. The molecule has 18 heavy (non-hydrogen) atoms. The van der Waals surface area contributed by atoms with E-state index in [0.29, 0.717) is 0 Å². The number of nitrogens with one attached hydrogen (secondary N) is 1. The highest BCUT2D eigenvalue weighted by Gasteiger charge is 2.02. The highest BCUT2D eigenvalue weighted by atomic mass is 32.2. The average molecular weight is 266 g/mol. The van der Waals surface area contributed by atoms with Crippen LogP contribution in [0, 0.1) is 0 Å². The smallest absolute Gasteiger partial charge is 0.0230 e. The molecule has 1 aromatic carbocycles. The van der Waals surface area contributed by atoms with E-state index in [1.165, 1.54) is 29.7 Å². The van der Waals surface area contributed by atoms with Crippen molar-refractivity contribution in [3.63, 3.8) is 0 Å². The zero-order chi connectivity index (χ0) is 13.2. The van der Waals surface area contributed by atoms with Crippen LogP contribution >= 0.6 is 11.8 Å². The van der Waals surface area contributed by atoms with Crippen LogP contribution in [0.25, 0.3) is 0 Å². The molecule has 0 atom stereocenters. The lowest BCUT2D eigenvalue weighted by atomic mass is 10.1. The zero-order valence-electron chi connectivity index (χ0n) is 11.9. The molecular formula is C15H26N2S. The van der Waals surface area contributed by atoms with Crippen LogP contribution in [0.2, 0.25) is 0 Å². The summed E-state index contributed by atoms with van der Waals surface area (Å²) in [5.74, 6) is 1.28. The lowest BCUT2D eigenvalue weighted by molar-refractivity contribution is 0.400. The molecule has 0 amide bonds. The van der Waals surface area contributed by atoms with E-state index in [0.717, 1.165) is 19.6 Å². The first-order chi connectivity index (χ1) is 8.74. The fourth-order valence-corrected chi connectivity index (χ4v) is 2.44. The second kappa shape index (κ2) is 9.42. The normalized spacial score (nSPS) is 11.1. The van der Waals surface area contributed by atoms with Crippen molar-refractivity contribution in [1.82, 2.24) is 10.2 Å². The first kappa shape index (κ1) is 15.5. The molecule has 0 saturated heterocycles. The van der Waals surface area contributed by atoms with Gasteiger partial charge in [0.25, 0.3) is 0 Å². The molecule has 1 N–H and O–H groups in total. The summed E-state index contributed by atoms with van der Waals surface area (Å²) in [6.45, 7) is 3.13. The molecule has 0 heterocycles. The molecule has 0 aromatic heterocycles. The molecule has 1 aromatic rings. The average Bonchev–Trinajstić information content (AvgIpc) is 2.35. The Balaban J connectivity index is 2.32. The van der Waals surface area contributed by atoms with Gasteiger partial charge in [0.1, 0.15) is 0 Å². The van der Waals surface area contributed by atoms with Crippen molar-refractivity contribution in [2.75, 3.05) is 32.6 Å². The van der Waals surface area contributed by atoms with Crippen molar-refractivity contribution in [2.45, 2.75) is 25.9 Å². The molecule has 102 valence electrons. The Morgan fingerprint density at radius 2 is 1.83 bits per heavy atom. The summed E-state index contributed by atoms with van der Waals surface area (Å²) in [7, 11) is 4.24. The van der Waals surface area contributed by atoms with Gasteiger partial charge in [-0.25, -0.2) is 0 Å². The van der Waals surface area contributed by atoms with Gasteiger partial charge in [-0.2, -0.15) is 11.8 Å². The second-order valence-electron chi connectivity index (χ2n) is 4.88. The lowest BCUT2D eigenvalue weighted by Crippen LogP contribution is -2.18. The maximum absolute atomic E-state index is 3.55. The largest absolute Gasteiger partial charge is 0.313 e. The van der Waals surface area contributed by atoms with Gasteiger partial charge < -0.3 is 10.2 Å². The first-order valence-corrected chi connectivity index (χ1v) is 8.04. The Hall–Kier alpha value is -0.510. The zero-order valence-corrected chi connectivity index (χ0v) is 12.7. The van der Waals surface area contributed by atoms with Crippen LogP contribution in [-0.2, 0) is 13.1 Å². The van der Waals surface area contributed by atoms with Crippen LogP contribution in [0.3, 0.4) is 0 Å². The molecule has 0 aliphatic heterocycles.